The predicted molar refractivity (Wildman–Crippen MR) is 77.7 cm³/mol. The fourth-order valence-electron chi connectivity index (χ4n) is 1.92. The van der Waals surface area contributed by atoms with Crippen LogP contribution in [0.3, 0.4) is 0 Å². The molecule has 0 radical (unpaired) electrons. The second kappa shape index (κ2) is 4.78. The molecule has 0 bridgehead atoms. The van der Waals surface area contributed by atoms with Gasteiger partial charge in [0.1, 0.15) is 11.3 Å². The van der Waals surface area contributed by atoms with Gasteiger partial charge in [-0.15, -0.1) is 0 Å². The summed E-state index contributed by atoms with van der Waals surface area (Å²) < 4.78 is 5.82. The lowest BCUT2D eigenvalue weighted by Gasteiger charge is -2.10. The number of aromatic nitrogens is 1. The predicted octanol–water partition coefficient (Wildman–Crippen LogP) is 4.26. The van der Waals surface area contributed by atoms with Gasteiger partial charge in [0.25, 0.3) is 0 Å². The average Bonchev–Trinajstić information content (AvgIpc) is 2.43. The Hall–Kier alpha value is -2.26. The number of halogens is 1. The van der Waals surface area contributed by atoms with E-state index in [0.717, 1.165) is 11.1 Å². The second-order valence-corrected chi connectivity index (χ2v) is 4.49. The number of hydrogen-bond donors (Lipinski definition) is 1. The van der Waals surface area contributed by atoms with Crippen LogP contribution in [0, 0.1) is 0 Å². The summed E-state index contributed by atoms with van der Waals surface area (Å²) in [6.07, 6.45) is 1.64. The number of fused-ring (bicyclic) bond motifs is 1. The molecule has 0 unspecified atom stereocenters. The molecule has 0 aliphatic heterocycles. The molecule has 0 aliphatic carbocycles. The number of nitrogens with two attached hydrogens (primary N) is 1. The molecule has 3 nitrogen and oxygen atoms in total. The van der Waals surface area contributed by atoms with E-state index < -0.39 is 0 Å². The van der Waals surface area contributed by atoms with Gasteiger partial charge in [0.15, 0.2) is 5.75 Å². The zero-order valence-electron chi connectivity index (χ0n) is 10.0. The number of anilines is 1. The van der Waals surface area contributed by atoms with Crippen LogP contribution < -0.4 is 10.5 Å². The molecule has 0 spiro atoms. The summed E-state index contributed by atoms with van der Waals surface area (Å²) in [4.78, 5) is 4.31. The normalized spacial score (nSPS) is 10.6. The first-order valence-electron chi connectivity index (χ1n) is 5.81. The smallest absolute Gasteiger partial charge is 0.153 e. The van der Waals surface area contributed by atoms with Crippen LogP contribution in [0.15, 0.2) is 54.7 Å². The molecular formula is C15H11ClN2O. The number of benzene rings is 2. The largest absolute Gasteiger partial charge is 0.455 e. The van der Waals surface area contributed by atoms with Crippen molar-refractivity contribution >= 4 is 28.2 Å². The highest BCUT2D eigenvalue weighted by molar-refractivity contribution is 6.36. The van der Waals surface area contributed by atoms with Crippen molar-refractivity contribution in [3.05, 3.63) is 59.8 Å². The van der Waals surface area contributed by atoms with Crippen molar-refractivity contribution in [2.24, 2.45) is 0 Å². The highest BCUT2D eigenvalue weighted by Gasteiger charge is 2.10. The van der Waals surface area contributed by atoms with Crippen molar-refractivity contribution in [1.82, 2.24) is 4.98 Å². The summed E-state index contributed by atoms with van der Waals surface area (Å²) in [7, 11) is 0. The Labute approximate surface area is 115 Å². The molecule has 0 amide bonds. The van der Waals surface area contributed by atoms with Crippen LogP contribution in [0.4, 0.5) is 5.69 Å². The lowest BCUT2D eigenvalue weighted by Crippen LogP contribution is -1.93. The fraction of sp³-hybridized carbons (Fsp3) is 0. The summed E-state index contributed by atoms with van der Waals surface area (Å²) in [6, 6.07) is 14.8. The fourth-order valence-corrected chi connectivity index (χ4v) is 2.19. The monoisotopic (exact) mass is 270 g/mol. The number of nitrogens with zero attached hydrogens (tertiary/aromatic N) is 1. The standard InChI is InChI=1S/C15H11ClN2O/c16-11-6-7-13(19-10-4-2-1-3-5-10)15-14(11)12(17)8-9-18-15/h1-9H,(H2,17,18). The Balaban J connectivity index is 2.15. The van der Waals surface area contributed by atoms with Gasteiger partial charge in [-0.25, -0.2) is 0 Å². The van der Waals surface area contributed by atoms with Crippen LogP contribution in [0.5, 0.6) is 11.5 Å². The minimum Gasteiger partial charge on any atom is -0.455 e. The summed E-state index contributed by atoms with van der Waals surface area (Å²) >= 11 is 6.16. The number of nitrogen functional groups attached to an aromatic ring is 1. The third kappa shape index (κ3) is 2.20. The van der Waals surface area contributed by atoms with Crippen molar-refractivity contribution in [2.45, 2.75) is 0 Å². The van der Waals surface area contributed by atoms with Crippen LogP contribution in [0.1, 0.15) is 0 Å². The van der Waals surface area contributed by atoms with Gasteiger partial charge in [-0.3, -0.25) is 4.98 Å². The second-order valence-electron chi connectivity index (χ2n) is 4.08. The summed E-state index contributed by atoms with van der Waals surface area (Å²) in [5.74, 6) is 1.38. The molecule has 0 saturated heterocycles. The lowest BCUT2D eigenvalue weighted by molar-refractivity contribution is 0.487. The Morgan fingerprint density at radius 2 is 1.79 bits per heavy atom. The quantitative estimate of drug-likeness (QED) is 0.757. The van der Waals surface area contributed by atoms with Crippen LogP contribution in [-0.4, -0.2) is 4.98 Å². The van der Waals surface area contributed by atoms with Gasteiger partial charge in [0.2, 0.25) is 0 Å². The molecule has 1 heterocycles. The van der Waals surface area contributed by atoms with Crippen molar-refractivity contribution in [3.8, 4) is 11.5 Å². The first kappa shape index (κ1) is 11.8. The first-order chi connectivity index (χ1) is 9.25. The van der Waals surface area contributed by atoms with Gasteiger partial charge in [-0.2, -0.15) is 0 Å². The van der Waals surface area contributed by atoms with Gasteiger partial charge < -0.3 is 10.5 Å². The highest BCUT2D eigenvalue weighted by atomic mass is 35.5. The maximum atomic E-state index is 6.16. The van der Waals surface area contributed by atoms with Crippen LogP contribution in [-0.2, 0) is 0 Å². The van der Waals surface area contributed by atoms with E-state index in [-0.39, 0.29) is 0 Å². The maximum absolute atomic E-state index is 6.16. The summed E-state index contributed by atoms with van der Waals surface area (Å²) in [5.41, 5.74) is 7.19. The van der Waals surface area contributed by atoms with E-state index >= 15 is 0 Å². The van der Waals surface area contributed by atoms with Crippen molar-refractivity contribution in [2.75, 3.05) is 5.73 Å². The van der Waals surface area contributed by atoms with Crippen LogP contribution in [0.2, 0.25) is 5.02 Å². The SMILES string of the molecule is Nc1ccnc2c(Oc3ccccc3)ccc(Cl)c12. The molecule has 2 aromatic carbocycles. The lowest BCUT2D eigenvalue weighted by atomic mass is 10.2. The van der Waals surface area contributed by atoms with Crippen molar-refractivity contribution in [1.29, 1.82) is 0 Å². The molecule has 0 atom stereocenters. The molecule has 0 saturated carbocycles. The first-order valence-corrected chi connectivity index (χ1v) is 6.19. The number of para-hydroxylation sites is 1. The number of rotatable bonds is 2. The topological polar surface area (TPSA) is 48.1 Å². The molecule has 0 fully saturated rings. The van der Waals surface area contributed by atoms with E-state index in [9.17, 15) is 0 Å². The van der Waals surface area contributed by atoms with Crippen molar-refractivity contribution in [3.63, 3.8) is 0 Å². The molecule has 4 heteroatoms. The van der Waals surface area contributed by atoms with Gasteiger partial charge >= 0.3 is 0 Å². The van der Waals surface area contributed by atoms with Gasteiger partial charge in [-0.05, 0) is 30.3 Å². The third-order valence-electron chi connectivity index (χ3n) is 2.81. The Bertz CT molecular complexity index is 721. The minimum absolute atomic E-state index is 0.570. The molecule has 1 aromatic heterocycles. The van der Waals surface area contributed by atoms with Gasteiger partial charge in [0, 0.05) is 17.3 Å². The molecule has 19 heavy (non-hydrogen) atoms. The number of pyridine rings is 1. The molecule has 94 valence electrons. The van der Waals surface area contributed by atoms with E-state index in [1.807, 2.05) is 30.3 Å². The third-order valence-corrected chi connectivity index (χ3v) is 3.12. The van der Waals surface area contributed by atoms with Crippen LogP contribution >= 0.6 is 11.6 Å². The van der Waals surface area contributed by atoms with E-state index in [1.165, 1.54) is 0 Å². The summed E-state index contributed by atoms with van der Waals surface area (Å²) in [5, 5.41) is 1.29. The zero-order chi connectivity index (χ0) is 13.2. The molecule has 0 aliphatic rings. The Morgan fingerprint density at radius 1 is 1.00 bits per heavy atom. The van der Waals surface area contributed by atoms with E-state index in [4.69, 9.17) is 22.1 Å². The Morgan fingerprint density at radius 3 is 2.58 bits per heavy atom. The number of hydrogen-bond acceptors (Lipinski definition) is 3. The van der Waals surface area contributed by atoms with Gasteiger partial charge in [-0.1, -0.05) is 29.8 Å². The molecule has 3 aromatic rings. The van der Waals surface area contributed by atoms with Crippen LogP contribution in [0.25, 0.3) is 10.9 Å². The minimum atomic E-state index is 0.570. The summed E-state index contributed by atoms with van der Waals surface area (Å²) in [6.45, 7) is 0. The maximum Gasteiger partial charge on any atom is 0.153 e. The van der Waals surface area contributed by atoms with Gasteiger partial charge in [0.05, 0.1) is 5.02 Å². The zero-order valence-corrected chi connectivity index (χ0v) is 10.8. The number of ether oxygens (including phenoxy) is 1. The van der Waals surface area contributed by atoms with E-state index in [2.05, 4.69) is 4.98 Å². The van der Waals surface area contributed by atoms with Crippen molar-refractivity contribution < 1.29 is 4.74 Å². The van der Waals surface area contributed by atoms with E-state index in [0.29, 0.717) is 22.0 Å². The Kier molecular flexibility index (Phi) is 2.97. The molecule has 3 rings (SSSR count). The molecular weight excluding hydrogens is 260 g/mol. The molecule has 2 N–H and O–H groups in total. The highest BCUT2D eigenvalue weighted by Crippen LogP contribution is 2.35. The average molecular weight is 271 g/mol. The van der Waals surface area contributed by atoms with E-state index in [1.54, 1.807) is 24.4 Å².